The number of nitrogens with zero attached hydrogens (tertiary/aromatic N) is 1. The fourth-order valence-electron chi connectivity index (χ4n) is 4.38. The molecule has 1 amide bonds. The van der Waals surface area contributed by atoms with Gasteiger partial charge in [0.05, 0.1) is 6.04 Å². The first-order chi connectivity index (χ1) is 14.8. The highest BCUT2D eigenvalue weighted by Crippen LogP contribution is 2.36. The zero-order valence-electron chi connectivity index (χ0n) is 16.7. The molecular formula is C28H23NO. The van der Waals surface area contributed by atoms with E-state index >= 15 is 0 Å². The van der Waals surface area contributed by atoms with Crippen LogP contribution in [-0.2, 0) is 6.42 Å². The number of benzene rings is 4. The Labute approximate surface area is 177 Å². The zero-order valence-corrected chi connectivity index (χ0v) is 16.7. The summed E-state index contributed by atoms with van der Waals surface area (Å²) < 4.78 is 0. The van der Waals surface area contributed by atoms with E-state index in [1.807, 2.05) is 65.6 Å². The molecule has 4 aromatic carbocycles. The van der Waals surface area contributed by atoms with Gasteiger partial charge in [-0.25, -0.2) is 0 Å². The second-order valence-corrected chi connectivity index (χ2v) is 7.70. The lowest BCUT2D eigenvalue weighted by Gasteiger charge is -2.38. The molecule has 1 aliphatic heterocycles. The highest BCUT2D eigenvalue weighted by molar-refractivity contribution is 5.95. The van der Waals surface area contributed by atoms with Gasteiger partial charge in [0.1, 0.15) is 0 Å². The molecule has 0 aromatic heterocycles. The van der Waals surface area contributed by atoms with Gasteiger partial charge in [-0.05, 0) is 46.4 Å². The second-order valence-electron chi connectivity index (χ2n) is 7.70. The van der Waals surface area contributed by atoms with Crippen LogP contribution in [0.3, 0.4) is 0 Å². The monoisotopic (exact) mass is 389 g/mol. The molecule has 30 heavy (non-hydrogen) atoms. The highest BCUT2D eigenvalue weighted by Gasteiger charge is 2.32. The summed E-state index contributed by atoms with van der Waals surface area (Å²) in [4.78, 5) is 15.6. The Balaban J connectivity index is 1.50. The van der Waals surface area contributed by atoms with Gasteiger partial charge in [-0.1, -0.05) is 97.1 Å². The Kier molecular flexibility index (Phi) is 4.90. The Morgan fingerprint density at radius 2 is 1.27 bits per heavy atom. The minimum Gasteiger partial charge on any atom is -0.327 e. The Morgan fingerprint density at radius 1 is 0.667 bits per heavy atom. The quantitative estimate of drug-likeness (QED) is 0.412. The van der Waals surface area contributed by atoms with Crippen LogP contribution in [0.1, 0.15) is 33.1 Å². The van der Waals surface area contributed by atoms with E-state index in [0.717, 1.165) is 35.2 Å². The van der Waals surface area contributed by atoms with Crippen molar-refractivity contribution in [3.05, 3.63) is 131 Å². The highest BCUT2D eigenvalue weighted by atomic mass is 16.2. The summed E-state index contributed by atoms with van der Waals surface area (Å²) in [6.45, 7) is 0.718. The van der Waals surface area contributed by atoms with E-state index < -0.39 is 0 Å². The van der Waals surface area contributed by atoms with Gasteiger partial charge in [0.15, 0.2) is 0 Å². The van der Waals surface area contributed by atoms with Crippen molar-refractivity contribution in [1.82, 2.24) is 4.90 Å². The molecule has 1 heterocycles. The van der Waals surface area contributed by atoms with Gasteiger partial charge in [0.25, 0.3) is 5.91 Å². The minimum atomic E-state index is -0.0579. The van der Waals surface area contributed by atoms with Crippen LogP contribution in [-0.4, -0.2) is 17.4 Å². The fourth-order valence-corrected chi connectivity index (χ4v) is 4.38. The molecule has 1 atom stereocenters. The molecule has 0 saturated carbocycles. The topological polar surface area (TPSA) is 20.3 Å². The van der Waals surface area contributed by atoms with Crippen molar-refractivity contribution in [2.75, 3.05) is 6.54 Å². The molecule has 146 valence electrons. The van der Waals surface area contributed by atoms with E-state index in [9.17, 15) is 4.79 Å². The first-order valence-corrected chi connectivity index (χ1v) is 10.4. The van der Waals surface area contributed by atoms with Crippen LogP contribution in [0.25, 0.3) is 11.1 Å². The summed E-state index contributed by atoms with van der Waals surface area (Å²) in [5.41, 5.74) is 6.72. The van der Waals surface area contributed by atoms with Gasteiger partial charge >= 0.3 is 0 Å². The summed E-state index contributed by atoms with van der Waals surface area (Å²) in [7, 11) is 0. The van der Waals surface area contributed by atoms with E-state index in [-0.39, 0.29) is 11.9 Å². The summed E-state index contributed by atoms with van der Waals surface area (Å²) in [5, 5.41) is 0. The van der Waals surface area contributed by atoms with E-state index in [4.69, 9.17) is 0 Å². The summed E-state index contributed by atoms with van der Waals surface area (Å²) in [5.74, 6) is 0.0815. The predicted octanol–water partition coefficient (Wildman–Crippen LogP) is 6.14. The normalized spacial score (nSPS) is 15.5. The van der Waals surface area contributed by atoms with E-state index in [1.165, 1.54) is 11.1 Å². The van der Waals surface area contributed by atoms with E-state index in [2.05, 4.69) is 48.5 Å². The Morgan fingerprint density at radius 3 is 2.00 bits per heavy atom. The number of hydrogen-bond acceptors (Lipinski definition) is 1. The number of hydrogen-bond donors (Lipinski definition) is 0. The lowest BCUT2D eigenvalue weighted by Crippen LogP contribution is -2.40. The van der Waals surface area contributed by atoms with Gasteiger partial charge in [-0.15, -0.1) is 0 Å². The Hall–Kier alpha value is -3.65. The third-order valence-electron chi connectivity index (χ3n) is 5.90. The lowest BCUT2D eigenvalue weighted by atomic mass is 9.87. The third kappa shape index (κ3) is 3.42. The number of amides is 1. The molecule has 5 rings (SSSR count). The second kappa shape index (κ2) is 8.00. The van der Waals surface area contributed by atoms with Gasteiger partial charge in [-0.3, -0.25) is 4.79 Å². The van der Waals surface area contributed by atoms with Crippen LogP contribution in [0.2, 0.25) is 0 Å². The number of rotatable bonds is 3. The molecule has 1 aliphatic rings. The smallest absolute Gasteiger partial charge is 0.254 e. The number of carbonyl (C=O) groups is 1. The molecule has 2 nitrogen and oxygen atoms in total. The molecule has 2 heteroatoms. The van der Waals surface area contributed by atoms with Crippen molar-refractivity contribution in [1.29, 1.82) is 0 Å². The van der Waals surface area contributed by atoms with E-state index in [1.54, 1.807) is 0 Å². The van der Waals surface area contributed by atoms with Gasteiger partial charge < -0.3 is 4.90 Å². The molecule has 0 radical (unpaired) electrons. The molecule has 0 fully saturated rings. The van der Waals surface area contributed by atoms with E-state index in [0.29, 0.717) is 0 Å². The first kappa shape index (κ1) is 18.4. The number of carbonyl (C=O) groups excluding carboxylic acids is 1. The molecule has 0 aliphatic carbocycles. The molecule has 0 saturated heterocycles. The molecule has 1 unspecified atom stereocenters. The summed E-state index contributed by atoms with van der Waals surface area (Å²) in [6.07, 6.45) is 0.882. The van der Waals surface area contributed by atoms with Crippen molar-refractivity contribution in [2.45, 2.75) is 12.5 Å². The average Bonchev–Trinajstić information content (AvgIpc) is 2.84. The lowest BCUT2D eigenvalue weighted by molar-refractivity contribution is 0.0694. The average molecular weight is 389 g/mol. The predicted molar refractivity (Wildman–Crippen MR) is 121 cm³/mol. The fraction of sp³-hybridized carbons (Fsp3) is 0.107. The Bertz CT molecular complexity index is 1150. The molecule has 0 spiro atoms. The molecule has 4 aromatic rings. The van der Waals surface area contributed by atoms with Crippen LogP contribution in [0.4, 0.5) is 0 Å². The van der Waals surface area contributed by atoms with Crippen molar-refractivity contribution in [2.24, 2.45) is 0 Å². The summed E-state index contributed by atoms with van der Waals surface area (Å²) in [6, 6.07) is 37.0. The molecule has 0 N–H and O–H groups in total. The maximum Gasteiger partial charge on any atom is 0.254 e. The maximum absolute atomic E-state index is 13.6. The van der Waals surface area contributed by atoms with Gasteiger partial charge in [-0.2, -0.15) is 0 Å². The van der Waals surface area contributed by atoms with Crippen LogP contribution < -0.4 is 0 Å². The van der Waals surface area contributed by atoms with Crippen LogP contribution in [0, 0.1) is 0 Å². The van der Waals surface area contributed by atoms with Crippen LogP contribution in [0.5, 0.6) is 0 Å². The molecule has 0 bridgehead atoms. The van der Waals surface area contributed by atoms with Crippen LogP contribution in [0.15, 0.2) is 109 Å². The van der Waals surface area contributed by atoms with Crippen molar-refractivity contribution >= 4 is 5.91 Å². The summed E-state index contributed by atoms with van der Waals surface area (Å²) >= 11 is 0. The van der Waals surface area contributed by atoms with Crippen molar-refractivity contribution in [3.63, 3.8) is 0 Å². The zero-order chi connectivity index (χ0) is 20.3. The largest absolute Gasteiger partial charge is 0.327 e. The van der Waals surface area contributed by atoms with Crippen LogP contribution >= 0.6 is 0 Å². The molecular weight excluding hydrogens is 366 g/mol. The SMILES string of the molecule is O=C(c1ccc(-c2ccccc2)cc1)N1CCc2ccccc2C1c1ccccc1. The third-order valence-corrected chi connectivity index (χ3v) is 5.90. The minimum absolute atomic E-state index is 0.0579. The number of fused-ring (bicyclic) bond motifs is 1. The van der Waals surface area contributed by atoms with Gasteiger partial charge in [0.2, 0.25) is 0 Å². The van der Waals surface area contributed by atoms with Crippen molar-refractivity contribution in [3.8, 4) is 11.1 Å². The first-order valence-electron chi connectivity index (χ1n) is 10.4. The van der Waals surface area contributed by atoms with Crippen molar-refractivity contribution < 1.29 is 4.79 Å². The maximum atomic E-state index is 13.6. The van der Waals surface area contributed by atoms with Gasteiger partial charge in [0, 0.05) is 12.1 Å². The standard InChI is InChI=1S/C28H23NO/c30-28(25-17-15-22(16-18-25)21-9-3-1-4-10-21)29-20-19-23-11-7-8-14-26(23)27(29)24-12-5-2-6-13-24/h1-18,27H,19-20H2.